The van der Waals surface area contributed by atoms with Crippen LogP contribution in [0, 0.1) is 0 Å². The highest BCUT2D eigenvalue weighted by Crippen LogP contribution is 2.19. The molecule has 1 aliphatic heterocycles. The lowest BCUT2D eigenvalue weighted by Gasteiger charge is -2.31. The van der Waals surface area contributed by atoms with Gasteiger partial charge < -0.3 is 15.4 Å². The molecule has 1 aliphatic rings. The number of piperidine rings is 1. The van der Waals surface area contributed by atoms with E-state index in [4.69, 9.17) is 10.5 Å². The number of likely N-dealkylation sites (tertiary alicyclic amines) is 1. The van der Waals surface area contributed by atoms with E-state index >= 15 is 0 Å². The van der Waals surface area contributed by atoms with Gasteiger partial charge in [0.25, 0.3) is 5.91 Å². The third kappa shape index (κ3) is 2.89. The molecule has 0 radical (unpaired) electrons. The molecule has 6 heteroatoms. The number of nitrogens with two attached hydrogens (primary N) is 1. The standard InChI is InChI=1S/C13H22N4O2/c1-3-17-12(11(14)9-15-17)13(18)16-7-5-10(6-8-16)19-4-2/h9-10H,3-8,14H2,1-2H3. The molecule has 1 aromatic heterocycles. The van der Waals surface area contributed by atoms with Crippen LogP contribution in [-0.4, -0.2) is 46.4 Å². The molecule has 0 unspecified atom stereocenters. The highest BCUT2D eigenvalue weighted by atomic mass is 16.5. The average molecular weight is 266 g/mol. The summed E-state index contributed by atoms with van der Waals surface area (Å²) < 4.78 is 7.25. The van der Waals surface area contributed by atoms with Gasteiger partial charge in [0.05, 0.1) is 18.0 Å². The molecule has 1 fully saturated rings. The van der Waals surface area contributed by atoms with Crippen LogP contribution in [0.2, 0.25) is 0 Å². The van der Waals surface area contributed by atoms with Crippen molar-refractivity contribution in [3.8, 4) is 0 Å². The molecule has 0 saturated carbocycles. The van der Waals surface area contributed by atoms with Gasteiger partial charge in [-0.15, -0.1) is 0 Å². The number of hydrogen-bond donors (Lipinski definition) is 1. The topological polar surface area (TPSA) is 73.4 Å². The van der Waals surface area contributed by atoms with Crippen LogP contribution in [0.4, 0.5) is 5.69 Å². The Morgan fingerprint density at radius 3 is 2.74 bits per heavy atom. The van der Waals surface area contributed by atoms with E-state index in [0.717, 1.165) is 32.5 Å². The first kappa shape index (κ1) is 13.9. The molecule has 6 nitrogen and oxygen atoms in total. The highest BCUT2D eigenvalue weighted by Gasteiger charge is 2.27. The Morgan fingerprint density at radius 2 is 2.16 bits per heavy atom. The summed E-state index contributed by atoms with van der Waals surface area (Å²) in [5, 5.41) is 4.11. The van der Waals surface area contributed by atoms with Crippen molar-refractivity contribution in [1.29, 1.82) is 0 Å². The summed E-state index contributed by atoms with van der Waals surface area (Å²) in [7, 11) is 0. The molecular formula is C13H22N4O2. The van der Waals surface area contributed by atoms with E-state index in [1.807, 2.05) is 18.7 Å². The van der Waals surface area contributed by atoms with Gasteiger partial charge in [0.15, 0.2) is 0 Å². The predicted octanol–water partition coefficient (Wildman–Crippen LogP) is 1.13. The number of aromatic nitrogens is 2. The number of amides is 1. The Bertz CT molecular complexity index is 436. The van der Waals surface area contributed by atoms with Gasteiger partial charge in [-0.1, -0.05) is 0 Å². The van der Waals surface area contributed by atoms with Gasteiger partial charge in [0.2, 0.25) is 0 Å². The summed E-state index contributed by atoms with van der Waals surface area (Å²) >= 11 is 0. The van der Waals surface area contributed by atoms with E-state index in [1.165, 1.54) is 0 Å². The second kappa shape index (κ2) is 6.06. The summed E-state index contributed by atoms with van der Waals surface area (Å²) in [6, 6.07) is 0. The molecule has 1 amide bonds. The first-order valence-corrected chi connectivity index (χ1v) is 6.89. The fraction of sp³-hybridized carbons (Fsp3) is 0.692. The third-order valence-corrected chi connectivity index (χ3v) is 3.50. The molecule has 1 aromatic rings. The van der Waals surface area contributed by atoms with Crippen molar-refractivity contribution in [3.05, 3.63) is 11.9 Å². The maximum absolute atomic E-state index is 12.5. The number of nitrogens with zero attached hydrogens (tertiary/aromatic N) is 3. The van der Waals surface area contributed by atoms with Gasteiger partial charge in [-0.3, -0.25) is 9.48 Å². The lowest BCUT2D eigenvalue weighted by molar-refractivity contribution is 0.0143. The number of aryl methyl sites for hydroxylation is 1. The molecule has 1 saturated heterocycles. The van der Waals surface area contributed by atoms with Crippen LogP contribution in [0.5, 0.6) is 0 Å². The van der Waals surface area contributed by atoms with Crippen molar-refractivity contribution in [3.63, 3.8) is 0 Å². The van der Waals surface area contributed by atoms with Gasteiger partial charge in [0.1, 0.15) is 5.69 Å². The van der Waals surface area contributed by atoms with E-state index in [1.54, 1.807) is 10.9 Å². The SMILES string of the molecule is CCOC1CCN(C(=O)c2c(N)cnn2CC)CC1. The van der Waals surface area contributed by atoms with Crippen molar-refractivity contribution in [1.82, 2.24) is 14.7 Å². The minimum atomic E-state index is -0.0215. The lowest BCUT2D eigenvalue weighted by atomic mass is 10.1. The summed E-state index contributed by atoms with van der Waals surface area (Å²) in [6.45, 7) is 6.76. The number of hydrogen-bond acceptors (Lipinski definition) is 4. The molecule has 0 spiro atoms. The predicted molar refractivity (Wildman–Crippen MR) is 72.9 cm³/mol. The summed E-state index contributed by atoms with van der Waals surface area (Å²) in [5.41, 5.74) is 6.81. The van der Waals surface area contributed by atoms with E-state index < -0.39 is 0 Å². The molecule has 19 heavy (non-hydrogen) atoms. The van der Waals surface area contributed by atoms with Gasteiger partial charge in [-0.2, -0.15) is 5.10 Å². The monoisotopic (exact) mass is 266 g/mol. The van der Waals surface area contributed by atoms with Gasteiger partial charge in [-0.05, 0) is 26.7 Å². The van der Waals surface area contributed by atoms with E-state index in [0.29, 0.717) is 17.9 Å². The molecule has 2 rings (SSSR count). The Morgan fingerprint density at radius 1 is 1.47 bits per heavy atom. The molecule has 0 aliphatic carbocycles. The van der Waals surface area contributed by atoms with Crippen LogP contribution >= 0.6 is 0 Å². The summed E-state index contributed by atoms with van der Waals surface area (Å²) in [6.07, 6.45) is 3.60. The highest BCUT2D eigenvalue weighted by molar-refractivity contribution is 5.97. The number of carbonyl (C=O) groups excluding carboxylic acids is 1. The molecular weight excluding hydrogens is 244 g/mol. The Labute approximate surface area is 113 Å². The van der Waals surface area contributed by atoms with E-state index in [-0.39, 0.29) is 12.0 Å². The van der Waals surface area contributed by atoms with Crippen molar-refractivity contribution in [2.45, 2.75) is 39.3 Å². The molecule has 106 valence electrons. The Hall–Kier alpha value is -1.56. The maximum atomic E-state index is 12.5. The molecule has 0 aromatic carbocycles. The largest absolute Gasteiger partial charge is 0.396 e. The first-order valence-electron chi connectivity index (χ1n) is 6.89. The lowest BCUT2D eigenvalue weighted by Crippen LogP contribution is -2.41. The van der Waals surface area contributed by atoms with Gasteiger partial charge in [-0.25, -0.2) is 0 Å². The fourth-order valence-electron chi connectivity index (χ4n) is 2.48. The zero-order chi connectivity index (χ0) is 13.8. The quantitative estimate of drug-likeness (QED) is 0.886. The number of ether oxygens (including phenoxy) is 1. The van der Waals surface area contributed by atoms with Crippen molar-refractivity contribution in [2.75, 3.05) is 25.4 Å². The number of nitrogen functional groups attached to an aromatic ring is 1. The molecule has 0 atom stereocenters. The average Bonchev–Trinajstić information content (AvgIpc) is 2.80. The number of rotatable bonds is 4. The van der Waals surface area contributed by atoms with Crippen molar-refractivity contribution < 1.29 is 9.53 Å². The second-order valence-electron chi connectivity index (χ2n) is 4.71. The normalized spacial score (nSPS) is 16.8. The Kier molecular flexibility index (Phi) is 4.42. The minimum Gasteiger partial charge on any atom is -0.396 e. The second-order valence-corrected chi connectivity index (χ2v) is 4.71. The first-order chi connectivity index (χ1) is 9.17. The van der Waals surface area contributed by atoms with Crippen LogP contribution in [0.25, 0.3) is 0 Å². The third-order valence-electron chi connectivity index (χ3n) is 3.50. The zero-order valence-corrected chi connectivity index (χ0v) is 11.6. The number of carbonyl (C=O) groups is 1. The minimum absolute atomic E-state index is 0.0215. The van der Waals surface area contributed by atoms with Crippen LogP contribution in [0.15, 0.2) is 6.20 Å². The molecule has 0 bridgehead atoms. The summed E-state index contributed by atoms with van der Waals surface area (Å²) in [5.74, 6) is -0.0215. The molecule has 2 N–H and O–H groups in total. The van der Waals surface area contributed by atoms with Crippen molar-refractivity contribution in [2.24, 2.45) is 0 Å². The number of anilines is 1. The van der Waals surface area contributed by atoms with E-state index in [2.05, 4.69) is 5.10 Å². The molecule has 2 heterocycles. The van der Waals surface area contributed by atoms with Gasteiger partial charge in [0, 0.05) is 26.2 Å². The maximum Gasteiger partial charge on any atom is 0.274 e. The fourth-order valence-corrected chi connectivity index (χ4v) is 2.48. The van der Waals surface area contributed by atoms with Crippen LogP contribution in [0.1, 0.15) is 37.2 Å². The smallest absolute Gasteiger partial charge is 0.274 e. The van der Waals surface area contributed by atoms with Crippen LogP contribution in [0.3, 0.4) is 0 Å². The van der Waals surface area contributed by atoms with Crippen molar-refractivity contribution >= 4 is 11.6 Å². The Balaban J connectivity index is 2.03. The zero-order valence-electron chi connectivity index (χ0n) is 11.6. The van der Waals surface area contributed by atoms with E-state index in [9.17, 15) is 4.79 Å². The summed E-state index contributed by atoms with van der Waals surface area (Å²) in [4.78, 5) is 14.3. The van der Waals surface area contributed by atoms with Crippen LogP contribution < -0.4 is 5.73 Å². The van der Waals surface area contributed by atoms with Crippen LogP contribution in [-0.2, 0) is 11.3 Å². The van der Waals surface area contributed by atoms with Gasteiger partial charge >= 0.3 is 0 Å².